The van der Waals surface area contributed by atoms with Crippen molar-refractivity contribution >= 4 is 0 Å². The molecule has 1 N–H and O–H groups in total. The fraction of sp³-hybridized carbons (Fsp3) is 1.00. The topological polar surface area (TPSA) is 15.3 Å². The lowest BCUT2D eigenvalue weighted by molar-refractivity contribution is 0.146. The predicted molar refractivity (Wildman–Crippen MR) is 79.0 cm³/mol. The van der Waals surface area contributed by atoms with Crippen molar-refractivity contribution in [1.82, 2.24) is 10.2 Å². The average molecular weight is 252 g/mol. The highest BCUT2D eigenvalue weighted by molar-refractivity contribution is 4.82. The normalized spacial score (nSPS) is 24.8. The van der Waals surface area contributed by atoms with Crippen molar-refractivity contribution in [3.63, 3.8) is 0 Å². The Hall–Kier alpha value is -0.0800. The SMILES string of the molecule is CCN(C(C)CNC1CCCCC1)C1CCCC1. The molecule has 0 spiro atoms. The van der Waals surface area contributed by atoms with E-state index < -0.39 is 0 Å². The van der Waals surface area contributed by atoms with Crippen LogP contribution in [0.2, 0.25) is 0 Å². The second-order valence-corrected chi connectivity index (χ2v) is 6.36. The molecule has 2 nitrogen and oxygen atoms in total. The smallest absolute Gasteiger partial charge is 0.0195 e. The van der Waals surface area contributed by atoms with Crippen molar-refractivity contribution in [3.8, 4) is 0 Å². The van der Waals surface area contributed by atoms with E-state index in [1.807, 2.05) is 0 Å². The molecule has 0 aliphatic heterocycles. The molecule has 2 rings (SSSR count). The molecule has 0 heterocycles. The van der Waals surface area contributed by atoms with Gasteiger partial charge in [0.1, 0.15) is 0 Å². The monoisotopic (exact) mass is 252 g/mol. The van der Waals surface area contributed by atoms with Crippen LogP contribution in [0, 0.1) is 0 Å². The molecule has 0 aromatic carbocycles. The van der Waals surface area contributed by atoms with E-state index in [-0.39, 0.29) is 0 Å². The molecule has 0 aromatic rings. The Morgan fingerprint density at radius 1 is 1.00 bits per heavy atom. The minimum absolute atomic E-state index is 0.708. The van der Waals surface area contributed by atoms with Gasteiger partial charge in [-0.3, -0.25) is 4.90 Å². The molecule has 106 valence electrons. The third-order valence-electron chi connectivity index (χ3n) is 5.03. The van der Waals surface area contributed by atoms with Crippen LogP contribution in [0.15, 0.2) is 0 Å². The average Bonchev–Trinajstić information content (AvgIpc) is 2.92. The standard InChI is InChI=1S/C16H32N2/c1-3-18(16-11-7-8-12-16)14(2)13-17-15-9-5-4-6-10-15/h14-17H,3-13H2,1-2H3. The van der Waals surface area contributed by atoms with Gasteiger partial charge in [-0.15, -0.1) is 0 Å². The second kappa shape index (κ2) is 7.49. The second-order valence-electron chi connectivity index (χ2n) is 6.36. The Morgan fingerprint density at radius 2 is 1.61 bits per heavy atom. The molecule has 0 aromatic heterocycles. The van der Waals surface area contributed by atoms with E-state index in [1.54, 1.807) is 0 Å². The summed E-state index contributed by atoms with van der Waals surface area (Å²) in [5.41, 5.74) is 0. The van der Waals surface area contributed by atoms with Crippen LogP contribution in [0.25, 0.3) is 0 Å². The number of likely N-dealkylation sites (N-methyl/N-ethyl adjacent to an activating group) is 1. The van der Waals surface area contributed by atoms with E-state index in [1.165, 1.54) is 70.9 Å². The molecule has 0 saturated heterocycles. The molecule has 2 fully saturated rings. The van der Waals surface area contributed by atoms with Gasteiger partial charge in [-0.05, 0) is 39.2 Å². The highest BCUT2D eigenvalue weighted by Gasteiger charge is 2.25. The first-order chi connectivity index (χ1) is 8.81. The number of rotatable bonds is 6. The van der Waals surface area contributed by atoms with E-state index >= 15 is 0 Å². The van der Waals surface area contributed by atoms with Crippen LogP contribution in [-0.2, 0) is 0 Å². The molecule has 2 saturated carbocycles. The summed E-state index contributed by atoms with van der Waals surface area (Å²) in [6, 6.07) is 2.39. The van der Waals surface area contributed by atoms with E-state index in [2.05, 4.69) is 24.1 Å². The highest BCUT2D eigenvalue weighted by Crippen LogP contribution is 2.25. The molecule has 2 aliphatic rings. The maximum absolute atomic E-state index is 3.82. The van der Waals surface area contributed by atoms with Gasteiger partial charge < -0.3 is 5.32 Å². The quantitative estimate of drug-likeness (QED) is 0.777. The Kier molecular flexibility index (Phi) is 5.97. The molecule has 1 atom stereocenters. The summed E-state index contributed by atoms with van der Waals surface area (Å²) in [6.45, 7) is 7.15. The lowest BCUT2D eigenvalue weighted by Crippen LogP contribution is -2.47. The van der Waals surface area contributed by atoms with Crippen molar-refractivity contribution in [2.45, 2.75) is 89.8 Å². The van der Waals surface area contributed by atoms with Crippen molar-refractivity contribution < 1.29 is 0 Å². The minimum Gasteiger partial charge on any atom is -0.312 e. The van der Waals surface area contributed by atoms with Crippen LogP contribution in [0.4, 0.5) is 0 Å². The maximum Gasteiger partial charge on any atom is 0.0195 e. The summed E-state index contributed by atoms with van der Waals surface area (Å²) in [6.07, 6.45) is 12.9. The minimum atomic E-state index is 0.708. The summed E-state index contributed by atoms with van der Waals surface area (Å²) >= 11 is 0. The molecule has 2 aliphatic carbocycles. The predicted octanol–water partition coefficient (Wildman–Crippen LogP) is 3.56. The lowest BCUT2D eigenvalue weighted by Gasteiger charge is -2.35. The molecule has 0 bridgehead atoms. The van der Waals surface area contributed by atoms with Crippen molar-refractivity contribution in [3.05, 3.63) is 0 Å². The Labute approximate surface area is 114 Å². The van der Waals surface area contributed by atoms with Gasteiger partial charge in [0.15, 0.2) is 0 Å². The number of hydrogen-bond donors (Lipinski definition) is 1. The Balaban J connectivity index is 1.72. The zero-order valence-electron chi connectivity index (χ0n) is 12.5. The van der Waals surface area contributed by atoms with Gasteiger partial charge in [-0.25, -0.2) is 0 Å². The summed E-state index contributed by atoms with van der Waals surface area (Å²) in [5, 5.41) is 3.82. The third kappa shape index (κ3) is 3.96. The van der Waals surface area contributed by atoms with Crippen molar-refractivity contribution in [2.75, 3.05) is 13.1 Å². The molecular weight excluding hydrogens is 220 g/mol. The largest absolute Gasteiger partial charge is 0.312 e. The first-order valence-electron chi connectivity index (χ1n) is 8.30. The van der Waals surface area contributed by atoms with E-state index in [4.69, 9.17) is 0 Å². The first-order valence-corrected chi connectivity index (χ1v) is 8.30. The van der Waals surface area contributed by atoms with Crippen LogP contribution in [0.1, 0.15) is 71.6 Å². The fourth-order valence-electron chi connectivity index (χ4n) is 3.93. The molecular formula is C16H32N2. The number of nitrogens with one attached hydrogen (secondary N) is 1. The van der Waals surface area contributed by atoms with Gasteiger partial charge in [-0.1, -0.05) is 39.0 Å². The van der Waals surface area contributed by atoms with Crippen LogP contribution < -0.4 is 5.32 Å². The molecule has 0 amide bonds. The zero-order chi connectivity index (χ0) is 12.8. The van der Waals surface area contributed by atoms with Gasteiger partial charge >= 0.3 is 0 Å². The summed E-state index contributed by atoms with van der Waals surface area (Å²) in [4.78, 5) is 2.74. The van der Waals surface area contributed by atoms with Crippen LogP contribution >= 0.6 is 0 Å². The molecule has 0 radical (unpaired) electrons. The van der Waals surface area contributed by atoms with Crippen molar-refractivity contribution in [1.29, 1.82) is 0 Å². The molecule has 1 unspecified atom stereocenters. The lowest BCUT2D eigenvalue weighted by atomic mass is 9.95. The summed E-state index contributed by atoms with van der Waals surface area (Å²) in [7, 11) is 0. The van der Waals surface area contributed by atoms with E-state index in [9.17, 15) is 0 Å². The third-order valence-corrected chi connectivity index (χ3v) is 5.03. The Morgan fingerprint density at radius 3 is 2.22 bits per heavy atom. The number of hydrogen-bond acceptors (Lipinski definition) is 2. The fourth-order valence-corrected chi connectivity index (χ4v) is 3.93. The van der Waals surface area contributed by atoms with Gasteiger partial charge in [-0.2, -0.15) is 0 Å². The Bertz CT molecular complexity index is 217. The van der Waals surface area contributed by atoms with Crippen LogP contribution in [0.3, 0.4) is 0 Å². The summed E-state index contributed by atoms with van der Waals surface area (Å²) in [5.74, 6) is 0. The van der Waals surface area contributed by atoms with Gasteiger partial charge in [0, 0.05) is 24.7 Å². The van der Waals surface area contributed by atoms with E-state index in [0.717, 1.165) is 12.1 Å². The molecule has 18 heavy (non-hydrogen) atoms. The van der Waals surface area contributed by atoms with Gasteiger partial charge in [0.25, 0.3) is 0 Å². The first kappa shape index (κ1) is 14.3. The van der Waals surface area contributed by atoms with Gasteiger partial charge in [0.2, 0.25) is 0 Å². The van der Waals surface area contributed by atoms with Gasteiger partial charge in [0.05, 0.1) is 0 Å². The highest BCUT2D eigenvalue weighted by atomic mass is 15.2. The van der Waals surface area contributed by atoms with Crippen LogP contribution in [-0.4, -0.2) is 36.1 Å². The number of nitrogens with zero attached hydrogens (tertiary/aromatic N) is 1. The maximum atomic E-state index is 3.82. The van der Waals surface area contributed by atoms with Crippen LogP contribution in [0.5, 0.6) is 0 Å². The molecule has 2 heteroatoms. The van der Waals surface area contributed by atoms with E-state index in [0.29, 0.717) is 6.04 Å². The zero-order valence-corrected chi connectivity index (χ0v) is 12.5. The van der Waals surface area contributed by atoms with Crippen molar-refractivity contribution in [2.24, 2.45) is 0 Å². The summed E-state index contributed by atoms with van der Waals surface area (Å²) < 4.78 is 0.